The molecule has 90 valence electrons. The maximum atomic E-state index is 6.11. The molecule has 17 heavy (non-hydrogen) atoms. The molecule has 3 rings (SSSR count). The average Bonchev–Trinajstić information content (AvgIpc) is 2.86. The van der Waals surface area contributed by atoms with Gasteiger partial charge < -0.3 is 10.3 Å². The lowest BCUT2D eigenvalue weighted by Gasteiger charge is -2.17. The molecule has 5 heteroatoms. The minimum Gasteiger partial charge on any atom is -0.348 e. The van der Waals surface area contributed by atoms with Gasteiger partial charge in [0.15, 0.2) is 0 Å². The van der Waals surface area contributed by atoms with E-state index in [1.807, 2.05) is 13.2 Å². The maximum Gasteiger partial charge on any atom is 0.102 e. The highest BCUT2D eigenvalue weighted by Crippen LogP contribution is 2.28. The molecule has 0 radical (unpaired) electrons. The lowest BCUT2D eigenvalue weighted by atomic mass is 9.92. The molecule has 2 heterocycles. The zero-order valence-electron chi connectivity index (χ0n) is 10.0. The van der Waals surface area contributed by atoms with E-state index in [4.69, 9.17) is 5.73 Å². The van der Waals surface area contributed by atoms with Crippen molar-refractivity contribution in [1.29, 1.82) is 0 Å². The summed E-state index contributed by atoms with van der Waals surface area (Å²) in [6, 6.07) is 0.210. The number of aromatic nitrogens is 4. The van der Waals surface area contributed by atoms with Gasteiger partial charge in [-0.2, -0.15) is 0 Å². The summed E-state index contributed by atoms with van der Waals surface area (Å²) in [4.78, 5) is 0. The zero-order valence-corrected chi connectivity index (χ0v) is 10.0. The molecule has 0 amide bonds. The fourth-order valence-corrected chi connectivity index (χ4v) is 2.53. The second-order valence-corrected chi connectivity index (χ2v) is 4.79. The van der Waals surface area contributed by atoms with Gasteiger partial charge in [-0.05, 0) is 30.4 Å². The van der Waals surface area contributed by atoms with Gasteiger partial charge in [0, 0.05) is 31.7 Å². The number of aryl methyl sites for hydroxylation is 2. The summed E-state index contributed by atoms with van der Waals surface area (Å²) in [7, 11) is 1.88. The summed E-state index contributed by atoms with van der Waals surface area (Å²) in [5.74, 6) is 0. The molecule has 1 unspecified atom stereocenters. The Hall–Kier alpha value is -1.62. The smallest absolute Gasteiger partial charge is 0.102 e. The van der Waals surface area contributed by atoms with E-state index >= 15 is 0 Å². The van der Waals surface area contributed by atoms with Crippen LogP contribution in [0.4, 0.5) is 0 Å². The van der Waals surface area contributed by atoms with Crippen LogP contribution in [0.1, 0.15) is 35.7 Å². The first-order chi connectivity index (χ1) is 8.22. The Balaban J connectivity index is 1.85. The molecule has 5 nitrogen and oxygen atoms in total. The highest BCUT2D eigenvalue weighted by molar-refractivity contribution is 5.30. The number of hydrogen-bond acceptors (Lipinski definition) is 3. The first-order valence-corrected chi connectivity index (χ1v) is 6.02. The molecule has 1 aliphatic carbocycles. The van der Waals surface area contributed by atoms with Gasteiger partial charge in [0.25, 0.3) is 0 Å². The van der Waals surface area contributed by atoms with Crippen LogP contribution in [0.2, 0.25) is 0 Å². The summed E-state index contributed by atoms with van der Waals surface area (Å²) in [6.45, 7) is 0.771. The lowest BCUT2D eigenvalue weighted by molar-refractivity contribution is 0.573. The first-order valence-electron chi connectivity index (χ1n) is 6.02. The third kappa shape index (κ3) is 1.98. The van der Waals surface area contributed by atoms with E-state index in [9.17, 15) is 0 Å². The van der Waals surface area contributed by atoms with Crippen LogP contribution in [0.3, 0.4) is 0 Å². The summed E-state index contributed by atoms with van der Waals surface area (Å²) < 4.78 is 3.89. The van der Waals surface area contributed by atoms with Crippen LogP contribution in [0.15, 0.2) is 18.6 Å². The Morgan fingerprint density at radius 1 is 1.41 bits per heavy atom. The van der Waals surface area contributed by atoms with Crippen molar-refractivity contribution in [3.63, 3.8) is 0 Å². The molecule has 0 bridgehead atoms. The van der Waals surface area contributed by atoms with Crippen LogP contribution < -0.4 is 5.73 Å². The van der Waals surface area contributed by atoms with Crippen molar-refractivity contribution in [2.75, 3.05) is 0 Å². The van der Waals surface area contributed by atoms with Crippen molar-refractivity contribution < 1.29 is 0 Å². The maximum absolute atomic E-state index is 6.11. The predicted molar refractivity (Wildman–Crippen MR) is 64.4 cm³/mol. The van der Waals surface area contributed by atoms with Crippen molar-refractivity contribution in [2.24, 2.45) is 12.8 Å². The van der Waals surface area contributed by atoms with Gasteiger partial charge in [-0.25, -0.2) is 0 Å². The monoisotopic (exact) mass is 231 g/mol. The van der Waals surface area contributed by atoms with Gasteiger partial charge in [-0.15, -0.1) is 5.10 Å². The molecule has 0 aromatic carbocycles. The van der Waals surface area contributed by atoms with Crippen molar-refractivity contribution in [3.8, 4) is 0 Å². The minimum absolute atomic E-state index is 0.210. The lowest BCUT2D eigenvalue weighted by Crippen LogP contribution is -2.15. The second kappa shape index (κ2) is 4.00. The minimum atomic E-state index is 0.210. The second-order valence-electron chi connectivity index (χ2n) is 4.79. The molecule has 2 N–H and O–H groups in total. The summed E-state index contributed by atoms with van der Waals surface area (Å²) in [5, 5.41) is 8.04. The van der Waals surface area contributed by atoms with Crippen LogP contribution in [-0.2, 0) is 20.0 Å². The number of nitrogens with zero attached hydrogens (tertiary/aromatic N) is 4. The SMILES string of the molecule is Cn1cc(Cn2cc3c(c2)C(N)CCC3)nn1. The van der Waals surface area contributed by atoms with Crippen LogP contribution in [0.5, 0.6) is 0 Å². The molecule has 0 saturated heterocycles. The third-order valence-electron chi connectivity index (χ3n) is 3.35. The van der Waals surface area contributed by atoms with E-state index in [1.165, 1.54) is 17.5 Å². The summed E-state index contributed by atoms with van der Waals surface area (Å²) >= 11 is 0. The molecule has 0 spiro atoms. The average molecular weight is 231 g/mol. The van der Waals surface area contributed by atoms with Crippen LogP contribution in [0.25, 0.3) is 0 Å². The molecule has 1 aliphatic rings. The zero-order chi connectivity index (χ0) is 11.8. The van der Waals surface area contributed by atoms with Crippen molar-refractivity contribution in [3.05, 3.63) is 35.4 Å². The molecule has 2 aromatic heterocycles. The molecule has 0 fully saturated rings. The Labute approximate surface area is 100 Å². The largest absolute Gasteiger partial charge is 0.348 e. The Kier molecular flexibility index (Phi) is 2.48. The third-order valence-corrected chi connectivity index (χ3v) is 3.35. The molecule has 1 atom stereocenters. The quantitative estimate of drug-likeness (QED) is 0.838. The van der Waals surface area contributed by atoms with Crippen LogP contribution >= 0.6 is 0 Å². The molecule has 2 aromatic rings. The standard InChI is InChI=1S/C12H17N5/c1-16-6-10(14-15-16)7-17-5-9-3-2-4-12(13)11(9)8-17/h5-6,8,12H,2-4,7,13H2,1H3. The molecule has 0 saturated carbocycles. The van der Waals surface area contributed by atoms with E-state index in [2.05, 4.69) is 27.3 Å². The van der Waals surface area contributed by atoms with Crippen LogP contribution in [-0.4, -0.2) is 19.6 Å². The normalized spacial score (nSPS) is 19.3. The Morgan fingerprint density at radius 3 is 3.00 bits per heavy atom. The molecular weight excluding hydrogens is 214 g/mol. The van der Waals surface area contributed by atoms with Crippen molar-refractivity contribution in [2.45, 2.75) is 31.8 Å². The van der Waals surface area contributed by atoms with E-state index in [0.29, 0.717) is 0 Å². The highest BCUT2D eigenvalue weighted by atomic mass is 15.4. The van der Waals surface area contributed by atoms with E-state index < -0.39 is 0 Å². The van der Waals surface area contributed by atoms with E-state index in [0.717, 1.165) is 25.1 Å². The summed E-state index contributed by atoms with van der Waals surface area (Å²) in [5.41, 5.74) is 9.79. The fraction of sp³-hybridized carbons (Fsp3) is 0.500. The Bertz CT molecular complexity index is 525. The number of nitrogens with two attached hydrogens (primary N) is 1. The summed E-state index contributed by atoms with van der Waals surface area (Å²) in [6.07, 6.45) is 9.75. The topological polar surface area (TPSA) is 61.7 Å². The number of rotatable bonds is 2. The van der Waals surface area contributed by atoms with Crippen LogP contribution in [0, 0.1) is 0 Å². The fourth-order valence-electron chi connectivity index (χ4n) is 2.53. The highest BCUT2D eigenvalue weighted by Gasteiger charge is 2.18. The van der Waals surface area contributed by atoms with Gasteiger partial charge in [-0.3, -0.25) is 4.68 Å². The van der Waals surface area contributed by atoms with Gasteiger partial charge in [0.05, 0.1) is 6.54 Å². The van der Waals surface area contributed by atoms with Gasteiger partial charge in [0.1, 0.15) is 5.69 Å². The van der Waals surface area contributed by atoms with Crippen molar-refractivity contribution in [1.82, 2.24) is 19.6 Å². The van der Waals surface area contributed by atoms with E-state index in [1.54, 1.807) is 4.68 Å². The first kappa shape index (κ1) is 10.5. The van der Waals surface area contributed by atoms with Gasteiger partial charge >= 0.3 is 0 Å². The van der Waals surface area contributed by atoms with Gasteiger partial charge in [-0.1, -0.05) is 5.21 Å². The van der Waals surface area contributed by atoms with Crippen molar-refractivity contribution >= 4 is 0 Å². The molecule has 0 aliphatic heterocycles. The van der Waals surface area contributed by atoms with E-state index in [-0.39, 0.29) is 6.04 Å². The molecular formula is C12H17N5. The van der Waals surface area contributed by atoms with Gasteiger partial charge in [0.2, 0.25) is 0 Å². The Morgan fingerprint density at radius 2 is 2.29 bits per heavy atom. The number of hydrogen-bond donors (Lipinski definition) is 1. The predicted octanol–water partition coefficient (Wildman–Crippen LogP) is 1.00. The number of fused-ring (bicyclic) bond motifs is 1.